The zero-order chi connectivity index (χ0) is 43.1. The predicted octanol–water partition coefficient (Wildman–Crippen LogP) is 11.7. The molecule has 1 aromatic carbocycles. The van der Waals surface area contributed by atoms with Crippen LogP contribution in [-0.4, -0.2) is 48.6 Å². The van der Waals surface area contributed by atoms with Gasteiger partial charge >= 0.3 is 11.9 Å². The number of carbonyl (C=O) groups is 2. The van der Waals surface area contributed by atoms with E-state index in [0.29, 0.717) is 46.3 Å². The summed E-state index contributed by atoms with van der Waals surface area (Å²) in [5.41, 5.74) is 3.34. The number of esters is 2. The van der Waals surface area contributed by atoms with Gasteiger partial charge in [0.25, 0.3) is 0 Å². The van der Waals surface area contributed by atoms with Gasteiger partial charge in [0.2, 0.25) is 0 Å². The Bertz CT molecular complexity index is 1750. The summed E-state index contributed by atoms with van der Waals surface area (Å²) in [7, 11) is 0. The van der Waals surface area contributed by atoms with Crippen LogP contribution in [0, 0.1) is 80.8 Å². The fourth-order valence-corrected chi connectivity index (χ4v) is 19.2. The summed E-state index contributed by atoms with van der Waals surface area (Å²) in [4.78, 5) is 23.6. The first kappa shape index (κ1) is 42.6. The van der Waals surface area contributed by atoms with Crippen LogP contribution >= 0.6 is 0 Å². The highest BCUT2D eigenvalue weighted by atomic mass is 16.7. The maximum atomic E-state index is 11.8. The van der Waals surface area contributed by atoms with E-state index in [-0.39, 0.29) is 72.0 Å². The molecule has 10 fully saturated rings. The van der Waals surface area contributed by atoms with Gasteiger partial charge in [-0.05, 0) is 186 Å². The van der Waals surface area contributed by atoms with Crippen LogP contribution in [0.5, 0.6) is 0 Å². The average Bonchev–Trinajstić information content (AvgIpc) is 3.72. The van der Waals surface area contributed by atoms with Crippen molar-refractivity contribution in [1.29, 1.82) is 0 Å². The fourth-order valence-electron chi connectivity index (χ4n) is 19.2. The second-order valence-corrected chi connectivity index (χ2v) is 24.3. The van der Waals surface area contributed by atoms with Gasteiger partial charge in [-0.2, -0.15) is 0 Å². The van der Waals surface area contributed by atoms with Crippen molar-refractivity contribution in [2.45, 2.75) is 207 Å². The van der Waals surface area contributed by atoms with Crippen molar-refractivity contribution in [3.8, 4) is 0 Å². The van der Waals surface area contributed by atoms with Crippen LogP contribution in [0.2, 0.25) is 0 Å². The Hall–Kier alpha value is -2.00. The zero-order valence-corrected chi connectivity index (χ0v) is 39.3. The summed E-state index contributed by atoms with van der Waals surface area (Å²) in [6, 6.07) is 8.83. The van der Waals surface area contributed by atoms with Gasteiger partial charge in [0.1, 0.15) is 12.2 Å². The Balaban J connectivity index is 0.743. The van der Waals surface area contributed by atoms with Crippen molar-refractivity contribution < 1.29 is 38.0 Å². The van der Waals surface area contributed by atoms with Crippen LogP contribution in [0.25, 0.3) is 0 Å². The molecule has 8 saturated carbocycles. The van der Waals surface area contributed by atoms with Crippen molar-refractivity contribution in [1.82, 2.24) is 0 Å². The highest BCUT2D eigenvalue weighted by Crippen LogP contribution is 2.71. The minimum atomic E-state index is -0.360. The summed E-state index contributed by atoms with van der Waals surface area (Å²) >= 11 is 0. The molecule has 0 N–H and O–H groups in total. The predicted molar refractivity (Wildman–Crippen MR) is 235 cm³/mol. The van der Waals surface area contributed by atoms with E-state index in [2.05, 4.69) is 65.8 Å². The molecule has 0 bridgehead atoms. The van der Waals surface area contributed by atoms with Gasteiger partial charge in [-0.25, -0.2) is 0 Å². The number of fused-ring (bicyclic) bond motifs is 14. The van der Waals surface area contributed by atoms with Gasteiger partial charge in [-0.3, -0.25) is 9.59 Å². The van der Waals surface area contributed by atoms with E-state index < -0.39 is 0 Å². The van der Waals surface area contributed by atoms with E-state index in [1.807, 2.05) is 0 Å². The number of hydrogen-bond acceptors (Lipinski definition) is 8. The maximum absolute atomic E-state index is 11.8. The lowest BCUT2D eigenvalue weighted by atomic mass is 9.44. The molecule has 10 aliphatic rings. The van der Waals surface area contributed by atoms with E-state index in [0.717, 1.165) is 73.3 Å². The Kier molecular flexibility index (Phi) is 10.5. The first-order chi connectivity index (χ1) is 29.6. The summed E-state index contributed by atoms with van der Waals surface area (Å²) in [5.74, 6) is 6.20. The van der Waals surface area contributed by atoms with Crippen LogP contribution in [0.4, 0.5) is 0 Å². The quantitative estimate of drug-likeness (QED) is 0.277. The minimum Gasteiger partial charge on any atom is -0.463 e. The van der Waals surface area contributed by atoms with Crippen molar-refractivity contribution in [2.24, 2.45) is 80.8 Å². The summed E-state index contributed by atoms with van der Waals surface area (Å²) in [6.45, 7) is 18.1. The summed E-state index contributed by atoms with van der Waals surface area (Å²) in [6.07, 6.45) is 19.2. The minimum absolute atomic E-state index is 0.105. The molecule has 62 heavy (non-hydrogen) atoms. The molecule has 11 rings (SSSR count). The van der Waals surface area contributed by atoms with Gasteiger partial charge in [0.15, 0.2) is 12.6 Å². The van der Waals surface area contributed by atoms with E-state index in [4.69, 9.17) is 28.4 Å². The standard InChI is InChI=1S/C54H78O8/c1-29-47-45(27-43-39-15-13-35-25-37(59-31(3)55)17-21-51(35,5)41(39)19-23-53(43,47)7)61-49(57-29)33-9-11-34(12-10-33)50-58-30(2)48-46(62-50)28-44-40-16-14-36-26-38(60-32(4)56)18-22-52(36,6)42(40)20-24-54(44,48)8/h9-12,29-30,35-50H,13-28H2,1-8H3/t29-,30-,35-,36-,37-,38-,39+,40+,41-,42-,43-,44-,45-,46-,47-,48-,49-,50+,51-,52-,53-,54-/m0/s1. The molecule has 1 aromatic rings. The molecular formula is C54H78O8. The van der Waals surface area contributed by atoms with E-state index in [9.17, 15) is 9.59 Å². The maximum Gasteiger partial charge on any atom is 0.302 e. The molecule has 342 valence electrons. The summed E-state index contributed by atoms with van der Waals surface area (Å²) in [5, 5.41) is 0. The first-order valence-corrected chi connectivity index (χ1v) is 25.6. The topological polar surface area (TPSA) is 89.5 Å². The number of ether oxygens (including phenoxy) is 6. The average molecular weight is 855 g/mol. The number of benzene rings is 1. The third kappa shape index (κ3) is 6.52. The highest BCUT2D eigenvalue weighted by molar-refractivity contribution is 5.66. The number of carbonyl (C=O) groups excluding carboxylic acids is 2. The van der Waals surface area contributed by atoms with Gasteiger partial charge < -0.3 is 28.4 Å². The Morgan fingerprint density at radius 2 is 0.887 bits per heavy atom. The van der Waals surface area contributed by atoms with Crippen molar-refractivity contribution in [2.75, 3.05) is 0 Å². The monoisotopic (exact) mass is 855 g/mol. The van der Waals surface area contributed by atoms with E-state index >= 15 is 0 Å². The molecule has 8 heteroatoms. The summed E-state index contributed by atoms with van der Waals surface area (Å²) < 4.78 is 39.4. The van der Waals surface area contributed by atoms with Crippen LogP contribution < -0.4 is 0 Å². The zero-order valence-electron chi connectivity index (χ0n) is 39.3. The van der Waals surface area contributed by atoms with Crippen LogP contribution in [0.1, 0.15) is 182 Å². The highest BCUT2D eigenvalue weighted by Gasteiger charge is 2.67. The van der Waals surface area contributed by atoms with Gasteiger partial charge in [0, 0.05) is 36.8 Å². The molecule has 0 radical (unpaired) electrons. The first-order valence-electron chi connectivity index (χ1n) is 25.6. The van der Waals surface area contributed by atoms with Crippen molar-refractivity contribution in [3.63, 3.8) is 0 Å². The largest absolute Gasteiger partial charge is 0.463 e. The Morgan fingerprint density at radius 3 is 1.27 bits per heavy atom. The molecule has 0 unspecified atom stereocenters. The normalized spacial score (nSPS) is 53.9. The molecule has 0 spiro atoms. The van der Waals surface area contributed by atoms with Gasteiger partial charge in [-0.15, -0.1) is 0 Å². The van der Waals surface area contributed by atoms with Crippen LogP contribution in [0.3, 0.4) is 0 Å². The van der Waals surface area contributed by atoms with Crippen LogP contribution in [-0.2, 0) is 38.0 Å². The molecular weight excluding hydrogens is 777 g/mol. The third-order valence-corrected chi connectivity index (χ3v) is 21.8. The molecule has 22 atom stereocenters. The van der Waals surface area contributed by atoms with Crippen molar-refractivity contribution >= 4 is 11.9 Å². The molecule has 2 heterocycles. The Morgan fingerprint density at radius 1 is 0.500 bits per heavy atom. The SMILES string of the molecule is CC(=O)O[C@H]1CC[C@@]2(C)[C@@H](CC[C@@H]3[C@@H]2CC[C@]2(C)[C@H]4[C@H](C)O[C@@H](c5ccc([C@H]6O[C@@H](C)[C@H]7[C@H](C[C@H]8[C@@H]9CC[C@H]%10C[C@@H](OC(C)=O)CC[C@]%10(C)[C@H]9CC[C@]78C)O6)cc5)O[C@H]4C[C@@H]32)C1. The molecule has 0 amide bonds. The lowest BCUT2D eigenvalue weighted by Gasteiger charge is -2.61. The molecule has 8 nitrogen and oxygen atoms in total. The number of rotatable bonds is 4. The molecule has 2 aliphatic heterocycles. The number of hydrogen-bond donors (Lipinski definition) is 0. The third-order valence-electron chi connectivity index (χ3n) is 21.8. The molecule has 0 aromatic heterocycles. The van der Waals surface area contributed by atoms with Crippen molar-refractivity contribution in [3.05, 3.63) is 35.4 Å². The smallest absolute Gasteiger partial charge is 0.302 e. The lowest BCUT2D eigenvalue weighted by Crippen LogP contribution is -2.55. The second-order valence-electron chi connectivity index (χ2n) is 24.3. The Labute approximate surface area is 372 Å². The lowest BCUT2D eigenvalue weighted by molar-refractivity contribution is -0.276. The van der Waals surface area contributed by atoms with Crippen LogP contribution in [0.15, 0.2) is 24.3 Å². The van der Waals surface area contributed by atoms with E-state index in [1.165, 1.54) is 64.2 Å². The molecule has 8 aliphatic carbocycles. The van der Waals surface area contributed by atoms with Gasteiger partial charge in [-0.1, -0.05) is 52.0 Å². The fraction of sp³-hybridized carbons (Fsp3) is 0.852. The van der Waals surface area contributed by atoms with Gasteiger partial charge in [0.05, 0.1) is 24.4 Å². The van der Waals surface area contributed by atoms with E-state index in [1.54, 1.807) is 13.8 Å². The molecule has 2 saturated heterocycles. The second kappa shape index (κ2) is 15.3.